The van der Waals surface area contributed by atoms with Gasteiger partial charge in [-0.3, -0.25) is 4.90 Å². The summed E-state index contributed by atoms with van der Waals surface area (Å²) >= 11 is 0. The SMILES string of the molecule is CCC(c1cccc(F)c1)N1CCCNCC1. The molecule has 0 spiro atoms. The fourth-order valence-electron chi connectivity index (χ4n) is 2.60. The van der Waals surface area contributed by atoms with Crippen molar-refractivity contribution < 1.29 is 4.39 Å². The molecule has 1 aliphatic heterocycles. The van der Waals surface area contributed by atoms with Gasteiger partial charge in [-0.15, -0.1) is 0 Å². The van der Waals surface area contributed by atoms with Crippen LogP contribution in [0, 0.1) is 5.82 Å². The van der Waals surface area contributed by atoms with Crippen molar-refractivity contribution in [1.82, 2.24) is 10.2 Å². The molecule has 1 fully saturated rings. The van der Waals surface area contributed by atoms with Crippen LogP contribution in [0.25, 0.3) is 0 Å². The first-order valence-electron chi connectivity index (χ1n) is 6.51. The highest BCUT2D eigenvalue weighted by molar-refractivity contribution is 5.20. The summed E-state index contributed by atoms with van der Waals surface area (Å²) in [6.45, 7) is 6.45. The van der Waals surface area contributed by atoms with E-state index in [4.69, 9.17) is 0 Å². The molecule has 1 heterocycles. The summed E-state index contributed by atoms with van der Waals surface area (Å²) in [5.74, 6) is -0.131. The molecule has 0 radical (unpaired) electrons. The summed E-state index contributed by atoms with van der Waals surface area (Å²) in [6.07, 6.45) is 2.20. The number of rotatable bonds is 3. The zero-order chi connectivity index (χ0) is 12.1. The van der Waals surface area contributed by atoms with Crippen LogP contribution >= 0.6 is 0 Å². The molecule has 1 saturated heterocycles. The van der Waals surface area contributed by atoms with Gasteiger partial charge in [-0.05, 0) is 37.1 Å². The lowest BCUT2D eigenvalue weighted by Crippen LogP contribution is -2.32. The molecule has 1 aliphatic rings. The number of nitrogens with one attached hydrogen (secondary N) is 1. The van der Waals surface area contributed by atoms with Crippen molar-refractivity contribution in [1.29, 1.82) is 0 Å². The van der Waals surface area contributed by atoms with Gasteiger partial charge in [0.15, 0.2) is 0 Å². The second kappa shape index (κ2) is 6.12. The Kier molecular flexibility index (Phi) is 4.51. The predicted molar refractivity (Wildman–Crippen MR) is 68.5 cm³/mol. The summed E-state index contributed by atoms with van der Waals surface area (Å²) in [5, 5.41) is 3.40. The van der Waals surface area contributed by atoms with E-state index in [-0.39, 0.29) is 5.82 Å². The van der Waals surface area contributed by atoms with Crippen LogP contribution < -0.4 is 5.32 Å². The van der Waals surface area contributed by atoms with Crippen LogP contribution in [0.3, 0.4) is 0 Å². The Morgan fingerprint density at radius 2 is 2.24 bits per heavy atom. The van der Waals surface area contributed by atoms with Gasteiger partial charge in [0.1, 0.15) is 5.82 Å². The maximum Gasteiger partial charge on any atom is 0.123 e. The van der Waals surface area contributed by atoms with Gasteiger partial charge in [-0.25, -0.2) is 4.39 Å². The molecule has 1 N–H and O–H groups in total. The fraction of sp³-hybridized carbons (Fsp3) is 0.571. The van der Waals surface area contributed by atoms with Gasteiger partial charge in [-0.1, -0.05) is 19.1 Å². The van der Waals surface area contributed by atoms with Gasteiger partial charge in [0.05, 0.1) is 0 Å². The van der Waals surface area contributed by atoms with Gasteiger partial charge < -0.3 is 5.32 Å². The third kappa shape index (κ3) is 3.27. The standard InChI is InChI=1S/C14H21FN2/c1-2-14(12-5-3-6-13(15)11-12)17-9-4-7-16-8-10-17/h3,5-6,11,14,16H,2,4,7-10H2,1H3. The van der Waals surface area contributed by atoms with E-state index in [0.717, 1.165) is 38.2 Å². The number of hydrogen-bond donors (Lipinski definition) is 1. The van der Waals surface area contributed by atoms with E-state index < -0.39 is 0 Å². The Labute approximate surface area is 103 Å². The molecular formula is C14H21FN2. The highest BCUT2D eigenvalue weighted by Crippen LogP contribution is 2.25. The summed E-state index contributed by atoms with van der Waals surface area (Å²) in [6, 6.07) is 7.39. The summed E-state index contributed by atoms with van der Waals surface area (Å²) < 4.78 is 13.3. The Hall–Kier alpha value is -0.930. The molecule has 1 atom stereocenters. The number of benzene rings is 1. The minimum atomic E-state index is -0.131. The van der Waals surface area contributed by atoms with Gasteiger partial charge in [0, 0.05) is 25.7 Å². The molecule has 0 aromatic heterocycles. The molecule has 3 heteroatoms. The topological polar surface area (TPSA) is 15.3 Å². The smallest absolute Gasteiger partial charge is 0.123 e. The van der Waals surface area contributed by atoms with Crippen LogP contribution in [-0.2, 0) is 0 Å². The molecule has 0 bridgehead atoms. The van der Waals surface area contributed by atoms with Gasteiger partial charge in [0.25, 0.3) is 0 Å². The average Bonchev–Trinajstić information content (AvgIpc) is 2.59. The molecule has 2 rings (SSSR count). The van der Waals surface area contributed by atoms with E-state index in [2.05, 4.69) is 17.1 Å². The molecule has 0 amide bonds. The van der Waals surface area contributed by atoms with Crippen molar-refractivity contribution in [3.8, 4) is 0 Å². The van der Waals surface area contributed by atoms with Crippen molar-refractivity contribution in [3.63, 3.8) is 0 Å². The zero-order valence-electron chi connectivity index (χ0n) is 10.5. The molecule has 1 aromatic rings. The highest BCUT2D eigenvalue weighted by Gasteiger charge is 2.19. The Balaban J connectivity index is 2.14. The highest BCUT2D eigenvalue weighted by atomic mass is 19.1. The minimum absolute atomic E-state index is 0.131. The van der Waals surface area contributed by atoms with Crippen LogP contribution in [0.1, 0.15) is 31.4 Å². The first-order valence-corrected chi connectivity index (χ1v) is 6.51. The van der Waals surface area contributed by atoms with Gasteiger partial charge in [-0.2, -0.15) is 0 Å². The Bertz CT molecular complexity index is 346. The van der Waals surface area contributed by atoms with E-state index in [1.165, 1.54) is 12.5 Å². The van der Waals surface area contributed by atoms with Crippen molar-refractivity contribution in [2.75, 3.05) is 26.2 Å². The summed E-state index contributed by atoms with van der Waals surface area (Å²) in [5.41, 5.74) is 1.11. The summed E-state index contributed by atoms with van der Waals surface area (Å²) in [7, 11) is 0. The lowest BCUT2D eigenvalue weighted by molar-refractivity contribution is 0.205. The van der Waals surface area contributed by atoms with Crippen LogP contribution in [0.15, 0.2) is 24.3 Å². The predicted octanol–water partition coefficient (Wildman–Crippen LogP) is 2.57. The fourth-order valence-corrected chi connectivity index (χ4v) is 2.60. The van der Waals surface area contributed by atoms with Crippen molar-refractivity contribution >= 4 is 0 Å². The Morgan fingerprint density at radius 3 is 3.00 bits per heavy atom. The number of halogens is 1. The lowest BCUT2D eigenvalue weighted by atomic mass is 10.0. The van der Waals surface area contributed by atoms with Crippen LogP contribution in [0.4, 0.5) is 4.39 Å². The number of hydrogen-bond acceptors (Lipinski definition) is 2. The number of nitrogens with zero attached hydrogens (tertiary/aromatic N) is 1. The molecule has 0 aliphatic carbocycles. The van der Waals surface area contributed by atoms with Gasteiger partial charge in [0.2, 0.25) is 0 Å². The Morgan fingerprint density at radius 1 is 1.35 bits per heavy atom. The molecule has 1 unspecified atom stereocenters. The molecular weight excluding hydrogens is 215 g/mol. The third-order valence-corrected chi connectivity index (χ3v) is 3.44. The quantitative estimate of drug-likeness (QED) is 0.867. The maximum atomic E-state index is 13.3. The van der Waals surface area contributed by atoms with E-state index in [1.807, 2.05) is 12.1 Å². The first kappa shape index (κ1) is 12.5. The molecule has 0 saturated carbocycles. The average molecular weight is 236 g/mol. The van der Waals surface area contributed by atoms with Crippen LogP contribution in [-0.4, -0.2) is 31.1 Å². The third-order valence-electron chi connectivity index (χ3n) is 3.44. The van der Waals surface area contributed by atoms with Crippen molar-refractivity contribution in [2.45, 2.75) is 25.8 Å². The first-order chi connectivity index (χ1) is 8.31. The minimum Gasteiger partial charge on any atom is -0.315 e. The largest absolute Gasteiger partial charge is 0.315 e. The monoisotopic (exact) mass is 236 g/mol. The zero-order valence-corrected chi connectivity index (χ0v) is 10.5. The van der Waals surface area contributed by atoms with E-state index in [1.54, 1.807) is 6.07 Å². The maximum absolute atomic E-state index is 13.3. The molecule has 94 valence electrons. The molecule has 17 heavy (non-hydrogen) atoms. The van der Waals surface area contributed by atoms with Crippen molar-refractivity contribution in [2.24, 2.45) is 0 Å². The van der Waals surface area contributed by atoms with Gasteiger partial charge >= 0.3 is 0 Å². The van der Waals surface area contributed by atoms with E-state index in [9.17, 15) is 4.39 Å². The second-order valence-corrected chi connectivity index (χ2v) is 4.62. The second-order valence-electron chi connectivity index (χ2n) is 4.62. The summed E-state index contributed by atoms with van der Waals surface area (Å²) in [4.78, 5) is 2.47. The lowest BCUT2D eigenvalue weighted by Gasteiger charge is -2.30. The van der Waals surface area contributed by atoms with E-state index in [0.29, 0.717) is 6.04 Å². The van der Waals surface area contributed by atoms with Crippen LogP contribution in [0.2, 0.25) is 0 Å². The molecule has 1 aromatic carbocycles. The normalized spacial score (nSPS) is 19.9. The molecule has 2 nitrogen and oxygen atoms in total. The van der Waals surface area contributed by atoms with Crippen LogP contribution in [0.5, 0.6) is 0 Å². The van der Waals surface area contributed by atoms with E-state index >= 15 is 0 Å². The van der Waals surface area contributed by atoms with Crippen molar-refractivity contribution in [3.05, 3.63) is 35.6 Å².